The molecule has 1 unspecified atom stereocenters. The Kier molecular flexibility index (Phi) is 2.73. The minimum atomic E-state index is -0.686. The fraction of sp³-hybridized carbons (Fsp3) is 0.900. The highest BCUT2D eigenvalue weighted by atomic mass is 16.3. The maximum atomic E-state index is 10.2. The molecule has 1 aliphatic rings. The van der Waals surface area contributed by atoms with Gasteiger partial charge in [-0.05, 0) is 24.5 Å². The second kappa shape index (κ2) is 3.89. The average Bonchev–Trinajstić information content (AvgIpc) is 2.43. The minimum Gasteiger partial charge on any atom is -0.390 e. The van der Waals surface area contributed by atoms with Crippen molar-refractivity contribution >= 4 is 0 Å². The molecule has 0 spiro atoms. The zero-order valence-corrected chi connectivity index (χ0v) is 9.35. The van der Waals surface area contributed by atoms with Crippen LogP contribution in [0.5, 0.6) is 0 Å². The lowest BCUT2D eigenvalue weighted by Crippen LogP contribution is -2.33. The van der Waals surface area contributed by atoms with Gasteiger partial charge < -0.3 is 5.11 Å². The number of hydrogen-bond acceptors (Lipinski definition) is 4. The van der Waals surface area contributed by atoms with Gasteiger partial charge in [0, 0.05) is 6.42 Å². The Labute approximate surface area is 89.5 Å². The summed E-state index contributed by atoms with van der Waals surface area (Å²) in [6, 6.07) is 0. The van der Waals surface area contributed by atoms with Gasteiger partial charge >= 0.3 is 0 Å². The third-order valence-electron chi connectivity index (χ3n) is 3.04. The second-order valence-corrected chi connectivity index (χ2v) is 4.87. The molecule has 84 valence electrons. The van der Waals surface area contributed by atoms with Crippen LogP contribution < -0.4 is 0 Å². The van der Waals surface area contributed by atoms with Crippen molar-refractivity contribution in [1.29, 1.82) is 0 Å². The lowest BCUT2D eigenvalue weighted by Gasteiger charge is -2.32. The van der Waals surface area contributed by atoms with Crippen LogP contribution in [0.3, 0.4) is 0 Å². The molecule has 15 heavy (non-hydrogen) atoms. The van der Waals surface area contributed by atoms with Crippen LogP contribution in [0.15, 0.2) is 0 Å². The van der Waals surface area contributed by atoms with Crippen molar-refractivity contribution in [2.45, 2.75) is 44.6 Å². The van der Waals surface area contributed by atoms with Gasteiger partial charge in [0.2, 0.25) is 0 Å². The van der Waals surface area contributed by atoms with Gasteiger partial charge in [-0.25, -0.2) is 0 Å². The van der Waals surface area contributed by atoms with Gasteiger partial charge in [0.1, 0.15) is 0 Å². The van der Waals surface area contributed by atoms with Gasteiger partial charge in [0.25, 0.3) is 0 Å². The molecule has 1 heterocycles. The highest BCUT2D eigenvalue weighted by molar-refractivity contribution is 4.90. The Morgan fingerprint density at radius 3 is 2.73 bits per heavy atom. The summed E-state index contributed by atoms with van der Waals surface area (Å²) in [6.07, 6.45) is 5.17. The summed E-state index contributed by atoms with van der Waals surface area (Å²) in [5.74, 6) is 1.32. The normalized spacial score (nSPS) is 21.0. The summed E-state index contributed by atoms with van der Waals surface area (Å²) in [5, 5.41) is 21.9. The highest BCUT2D eigenvalue weighted by Crippen LogP contribution is 2.34. The summed E-state index contributed by atoms with van der Waals surface area (Å²) < 4.78 is 0. The summed E-state index contributed by atoms with van der Waals surface area (Å²) >= 11 is 0. The van der Waals surface area contributed by atoms with Crippen LogP contribution >= 0.6 is 0 Å². The van der Waals surface area contributed by atoms with E-state index in [0.29, 0.717) is 18.2 Å². The van der Waals surface area contributed by atoms with Crippen LogP contribution in [-0.2, 0) is 13.5 Å². The van der Waals surface area contributed by atoms with Crippen molar-refractivity contribution < 1.29 is 5.11 Å². The van der Waals surface area contributed by atoms with Crippen LogP contribution in [0, 0.1) is 5.92 Å². The molecule has 0 amide bonds. The van der Waals surface area contributed by atoms with E-state index in [0.717, 1.165) is 6.42 Å². The topological polar surface area (TPSA) is 63.8 Å². The number of aryl methyl sites for hydroxylation is 1. The molecular formula is C10H18N4O. The monoisotopic (exact) mass is 210 g/mol. The zero-order valence-electron chi connectivity index (χ0n) is 9.35. The first-order valence-corrected chi connectivity index (χ1v) is 5.50. The minimum absolute atomic E-state index is 0.497. The maximum Gasteiger partial charge on any atom is 0.177 e. The molecular weight excluding hydrogens is 192 g/mol. The van der Waals surface area contributed by atoms with E-state index in [-0.39, 0.29) is 0 Å². The molecule has 0 aliphatic heterocycles. The van der Waals surface area contributed by atoms with Crippen LogP contribution in [0.2, 0.25) is 0 Å². The third-order valence-corrected chi connectivity index (χ3v) is 3.04. The molecule has 1 aromatic rings. The number of tetrazole rings is 1. The Hall–Kier alpha value is -0.970. The van der Waals surface area contributed by atoms with Crippen LogP contribution in [0.1, 0.15) is 38.4 Å². The van der Waals surface area contributed by atoms with E-state index < -0.39 is 5.60 Å². The van der Waals surface area contributed by atoms with Crippen molar-refractivity contribution in [3.8, 4) is 0 Å². The SMILES string of the molecule is Cn1nnc(CC(C)(O)CC2CCC2)n1. The molecule has 1 aromatic heterocycles. The van der Waals surface area contributed by atoms with E-state index in [2.05, 4.69) is 15.4 Å². The lowest BCUT2D eigenvalue weighted by molar-refractivity contribution is 0.0187. The first kappa shape index (κ1) is 10.5. The molecule has 1 N–H and O–H groups in total. The van der Waals surface area contributed by atoms with E-state index >= 15 is 0 Å². The van der Waals surface area contributed by atoms with E-state index in [9.17, 15) is 5.11 Å². The first-order valence-electron chi connectivity index (χ1n) is 5.50. The molecule has 1 fully saturated rings. The highest BCUT2D eigenvalue weighted by Gasteiger charge is 2.30. The van der Waals surface area contributed by atoms with Gasteiger partial charge in [-0.15, -0.1) is 10.2 Å². The van der Waals surface area contributed by atoms with Gasteiger partial charge in [-0.1, -0.05) is 19.3 Å². The molecule has 0 saturated heterocycles. The molecule has 0 radical (unpaired) electrons. The van der Waals surface area contributed by atoms with E-state index in [1.54, 1.807) is 7.05 Å². The number of hydrogen-bond donors (Lipinski definition) is 1. The third kappa shape index (κ3) is 2.75. The van der Waals surface area contributed by atoms with Crippen molar-refractivity contribution in [2.24, 2.45) is 13.0 Å². The average molecular weight is 210 g/mol. The number of aromatic nitrogens is 4. The van der Waals surface area contributed by atoms with E-state index in [4.69, 9.17) is 0 Å². The second-order valence-electron chi connectivity index (χ2n) is 4.87. The predicted octanol–water partition coefficient (Wildman–Crippen LogP) is 0.694. The fourth-order valence-electron chi connectivity index (χ4n) is 2.13. The summed E-state index contributed by atoms with van der Waals surface area (Å²) in [7, 11) is 1.73. The van der Waals surface area contributed by atoms with Gasteiger partial charge in [-0.2, -0.15) is 4.80 Å². The number of rotatable bonds is 4. The molecule has 2 rings (SSSR count). The van der Waals surface area contributed by atoms with Crippen molar-refractivity contribution in [2.75, 3.05) is 0 Å². The van der Waals surface area contributed by atoms with E-state index in [1.807, 2.05) is 6.92 Å². The molecule has 1 saturated carbocycles. The Bertz CT molecular complexity index is 330. The van der Waals surface area contributed by atoms with Crippen molar-refractivity contribution in [3.63, 3.8) is 0 Å². The first-order chi connectivity index (χ1) is 7.05. The van der Waals surface area contributed by atoms with Crippen molar-refractivity contribution in [3.05, 3.63) is 5.82 Å². The maximum absolute atomic E-state index is 10.2. The smallest absolute Gasteiger partial charge is 0.177 e. The molecule has 0 bridgehead atoms. The van der Waals surface area contributed by atoms with Crippen LogP contribution in [0.4, 0.5) is 0 Å². The molecule has 1 aliphatic carbocycles. The molecule has 5 nitrogen and oxygen atoms in total. The Morgan fingerprint density at radius 1 is 1.53 bits per heavy atom. The Morgan fingerprint density at radius 2 is 2.27 bits per heavy atom. The largest absolute Gasteiger partial charge is 0.390 e. The fourth-order valence-corrected chi connectivity index (χ4v) is 2.13. The quantitative estimate of drug-likeness (QED) is 0.794. The zero-order chi connectivity index (χ0) is 10.9. The molecule has 0 aromatic carbocycles. The summed E-state index contributed by atoms with van der Waals surface area (Å²) in [6.45, 7) is 1.86. The summed E-state index contributed by atoms with van der Waals surface area (Å²) in [5.41, 5.74) is -0.686. The van der Waals surface area contributed by atoms with Crippen molar-refractivity contribution in [1.82, 2.24) is 20.2 Å². The van der Waals surface area contributed by atoms with Crippen LogP contribution in [-0.4, -0.2) is 30.9 Å². The van der Waals surface area contributed by atoms with Gasteiger partial charge in [0.05, 0.1) is 12.6 Å². The molecule has 5 heteroatoms. The van der Waals surface area contributed by atoms with E-state index in [1.165, 1.54) is 24.1 Å². The molecule has 1 atom stereocenters. The summed E-state index contributed by atoms with van der Waals surface area (Å²) in [4.78, 5) is 1.43. The standard InChI is InChI=1S/C10H18N4O/c1-10(15,6-8-4-3-5-8)7-9-11-13-14(2)12-9/h8,15H,3-7H2,1-2H3. The van der Waals surface area contributed by atoms with Crippen LogP contribution in [0.25, 0.3) is 0 Å². The van der Waals surface area contributed by atoms with Gasteiger partial charge in [-0.3, -0.25) is 0 Å². The Balaban J connectivity index is 1.90. The predicted molar refractivity (Wildman–Crippen MR) is 55.1 cm³/mol. The lowest BCUT2D eigenvalue weighted by atomic mass is 9.77. The number of aliphatic hydroxyl groups is 1. The number of nitrogens with zero attached hydrogens (tertiary/aromatic N) is 4. The van der Waals surface area contributed by atoms with Gasteiger partial charge in [0.15, 0.2) is 5.82 Å².